The molecule has 6 N–H and O–H groups in total. The van der Waals surface area contributed by atoms with Crippen LogP contribution in [0, 0.1) is 0 Å². The van der Waals surface area contributed by atoms with Crippen molar-refractivity contribution in [2.75, 3.05) is 13.2 Å². The van der Waals surface area contributed by atoms with Gasteiger partial charge in [0.25, 0.3) is 0 Å². The van der Waals surface area contributed by atoms with Gasteiger partial charge < -0.3 is 40.3 Å². The highest BCUT2D eigenvalue weighted by molar-refractivity contribution is 5.76. The molecule has 9 heteroatoms. The van der Waals surface area contributed by atoms with Gasteiger partial charge in [0.2, 0.25) is 5.91 Å². The Kier molecular flexibility index (Phi) is 38.5. The average Bonchev–Trinajstić information content (AvgIpc) is 3.25. The minimum Gasteiger partial charge on any atom is -0.394 e. The van der Waals surface area contributed by atoms with Gasteiger partial charge in [-0.05, 0) is 51.4 Å². The van der Waals surface area contributed by atoms with Crippen molar-refractivity contribution in [1.82, 2.24) is 5.32 Å². The first-order valence-electron chi connectivity index (χ1n) is 24.8. The molecule has 0 bridgehead atoms. The average molecular weight is 848 g/mol. The molecule has 350 valence electrons. The molecule has 1 amide bonds. The molecule has 7 atom stereocenters. The minimum absolute atomic E-state index is 0.161. The minimum atomic E-state index is -1.56. The van der Waals surface area contributed by atoms with E-state index >= 15 is 0 Å². The van der Waals surface area contributed by atoms with Crippen molar-refractivity contribution in [3.8, 4) is 0 Å². The zero-order chi connectivity index (χ0) is 43.7. The fourth-order valence-electron chi connectivity index (χ4n) is 7.68. The van der Waals surface area contributed by atoms with Crippen molar-refractivity contribution < 1.29 is 39.8 Å². The molecule has 1 fully saturated rings. The molecule has 1 rings (SSSR count). The molecule has 0 spiro atoms. The van der Waals surface area contributed by atoms with Crippen molar-refractivity contribution in [2.45, 2.75) is 256 Å². The lowest BCUT2D eigenvalue weighted by molar-refractivity contribution is -0.302. The molecule has 0 aliphatic carbocycles. The van der Waals surface area contributed by atoms with Crippen LogP contribution in [-0.4, -0.2) is 87.5 Å². The summed E-state index contributed by atoms with van der Waals surface area (Å²) in [7, 11) is 0. The maximum atomic E-state index is 13.0. The van der Waals surface area contributed by atoms with Crippen LogP contribution in [0.4, 0.5) is 0 Å². The monoisotopic (exact) mass is 848 g/mol. The molecular weight excluding hydrogens is 755 g/mol. The number of aliphatic hydroxyl groups is 5. The molecule has 0 aromatic carbocycles. The van der Waals surface area contributed by atoms with Crippen LogP contribution in [0.1, 0.15) is 213 Å². The highest BCUT2D eigenvalue weighted by Crippen LogP contribution is 2.23. The van der Waals surface area contributed by atoms with Crippen LogP contribution in [-0.2, 0) is 14.3 Å². The largest absolute Gasteiger partial charge is 0.394 e. The molecular formula is C51H93NO8. The van der Waals surface area contributed by atoms with E-state index in [0.717, 1.165) is 44.9 Å². The van der Waals surface area contributed by atoms with Crippen LogP contribution in [0.25, 0.3) is 0 Å². The Labute approximate surface area is 367 Å². The lowest BCUT2D eigenvalue weighted by Gasteiger charge is -2.40. The number of carbonyl (C=O) groups excluding carboxylic acids is 1. The van der Waals surface area contributed by atoms with Crippen molar-refractivity contribution in [1.29, 1.82) is 0 Å². The van der Waals surface area contributed by atoms with E-state index in [-0.39, 0.29) is 12.5 Å². The van der Waals surface area contributed by atoms with Gasteiger partial charge in [0.1, 0.15) is 24.4 Å². The number of allylic oxidation sites excluding steroid dienone is 8. The molecule has 0 aromatic rings. The maximum Gasteiger partial charge on any atom is 0.220 e. The van der Waals surface area contributed by atoms with E-state index in [2.05, 4.69) is 67.8 Å². The number of aliphatic hydroxyl groups excluding tert-OH is 5. The van der Waals surface area contributed by atoms with E-state index in [1.54, 1.807) is 0 Å². The molecule has 60 heavy (non-hydrogen) atoms. The summed E-state index contributed by atoms with van der Waals surface area (Å²) in [6.45, 7) is 3.80. The number of ether oxygens (including phenoxy) is 2. The molecule has 0 saturated carbocycles. The predicted octanol–water partition coefficient (Wildman–Crippen LogP) is 11.0. The van der Waals surface area contributed by atoms with Crippen molar-refractivity contribution in [2.24, 2.45) is 0 Å². The Morgan fingerprint density at radius 3 is 1.45 bits per heavy atom. The van der Waals surface area contributed by atoms with Gasteiger partial charge in [0, 0.05) is 6.42 Å². The van der Waals surface area contributed by atoms with Gasteiger partial charge in [0.15, 0.2) is 6.29 Å². The fraction of sp³-hybridized carbons (Fsp3) is 0.824. The highest BCUT2D eigenvalue weighted by atomic mass is 16.7. The fourth-order valence-corrected chi connectivity index (χ4v) is 7.68. The SMILES string of the molecule is CCCCCCCCC/C=C/C/C=C/C/C=C/C/C=C/CCCC(=O)N[C@@H](CO[C@H]1O[C@@H](CO)[C@H](O)C(O)C1O)[C@H](O)CCCCCCCCCCCCCCCCCC. The van der Waals surface area contributed by atoms with Crippen molar-refractivity contribution >= 4 is 5.91 Å². The van der Waals surface area contributed by atoms with Gasteiger partial charge in [0.05, 0.1) is 25.4 Å². The van der Waals surface area contributed by atoms with Gasteiger partial charge in [-0.1, -0.05) is 204 Å². The van der Waals surface area contributed by atoms with Gasteiger partial charge in [-0.15, -0.1) is 0 Å². The van der Waals surface area contributed by atoms with E-state index in [4.69, 9.17) is 9.47 Å². The van der Waals surface area contributed by atoms with E-state index in [1.807, 2.05) is 0 Å². The van der Waals surface area contributed by atoms with Crippen LogP contribution in [0.5, 0.6) is 0 Å². The van der Waals surface area contributed by atoms with Crippen LogP contribution >= 0.6 is 0 Å². The first kappa shape index (κ1) is 56.2. The normalized spacial score (nSPS) is 20.9. The summed E-state index contributed by atoms with van der Waals surface area (Å²) in [4.78, 5) is 13.0. The maximum absolute atomic E-state index is 13.0. The van der Waals surface area contributed by atoms with Crippen molar-refractivity contribution in [3.63, 3.8) is 0 Å². The third-order valence-electron chi connectivity index (χ3n) is 11.7. The molecule has 9 nitrogen and oxygen atoms in total. The molecule has 1 heterocycles. The zero-order valence-corrected chi connectivity index (χ0v) is 38.5. The second kappa shape index (κ2) is 41.2. The molecule has 0 aromatic heterocycles. The van der Waals surface area contributed by atoms with E-state index in [1.165, 1.54) is 135 Å². The zero-order valence-electron chi connectivity index (χ0n) is 38.5. The molecule has 1 aliphatic heterocycles. The molecule has 1 saturated heterocycles. The number of unbranched alkanes of at least 4 members (excludes halogenated alkanes) is 23. The van der Waals surface area contributed by atoms with Gasteiger partial charge >= 0.3 is 0 Å². The first-order chi connectivity index (χ1) is 29.3. The topological polar surface area (TPSA) is 149 Å². The number of rotatable bonds is 41. The summed E-state index contributed by atoms with van der Waals surface area (Å²) in [5.74, 6) is -0.198. The number of hydrogen-bond donors (Lipinski definition) is 6. The molecule has 2 unspecified atom stereocenters. The summed E-state index contributed by atoms with van der Waals surface area (Å²) in [5.41, 5.74) is 0. The summed E-state index contributed by atoms with van der Waals surface area (Å²) in [6.07, 6.45) is 45.5. The third kappa shape index (κ3) is 31.1. The van der Waals surface area contributed by atoms with Crippen LogP contribution in [0.3, 0.4) is 0 Å². The van der Waals surface area contributed by atoms with Crippen LogP contribution in [0.15, 0.2) is 48.6 Å². The summed E-state index contributed by atoms with van der Waals surface area (Å²) in [5, 5.41) is 54.4. The first-order valence-corrected chi connectivity index (χ1v) is 24.8. The predicted molar refractivity (Wildman–Crippen MR) is 249 cm³/mol. The van der Waals surface area contributed by atoms with E-state index < -0.39 is 49.5 Å². The molecule has 0 radical (unpaired) electrons. The second-order valence-corrected chi connectivity index (χ2v) is 17.3. The quantitative estimate of drug-likeness (QED) is 0.0263. The highest BCUT2D eigenvalue weighted by Gasteiger charge is 2.44. The van der Waals surface area contributed by atoms with Gasteiger partial charge in [-0.2, -0.15) is 0 Å². The van der Waals surface area contributed by atoms with Crippen LogP contribution in [0.2, 0.25) is 0 Å². The summed E-state index contributed by atoms with van der Waals surface area (Å²) < 4.78 is 11.3. The second-order valence-electron chi connectivity index (χ2n) is 17.3. The Balaban J connectivity index is 2.35. The number of amides is 1. The Morgan fingerprint density at radius 1 is 0.567 bits per heavy atom. The molecule has 1 aliphatic rings. The lowest BCUT2D eigenvalue weighted by atomic mass is 9.99. The number of nitrogens with one attached hydrogen (secondary N) is 1. The lowest BCUT2D eigenvalue weighted by Crippen LogP contribution is -2.60. The van der Waals surface area contributed by atoms with Crippen molar-refractivity contribution in [3.05, 3.63) is 48.6 Å². The van der Waals surface area contributed by atoms with Gasteiger partial charge in [-0.25, -0.2) is 0 Å². The standard InChI is InChI=1S/C51H93NO8/c1-3-5-7-9-11-13-15-17-19-21-22-23-24-25-27-29-31-33-35-37-39-41-47(55)52-44(43-59-51-50(58)49(57)48(56)46(42-53)60-51)45(54)40-38-36-34-32-30-28-26-20-18-16-14-12-10-8-6-4-2/h19,21,23-24,27,29,33,35,44-46,48-51,53-54,56-58H,3-18,20,22,25-26,28,30-32,34,36-43H2,1-2H3,(H,52,55)/b21-19+,24-23+,29-27+,35-33+/t44-,45+,46-,48-,49?,50?,51-/m0/s1. The van der Waals surface area contributed by atoms with E-state index in [0.29, 0.717) is 19.3 Å². The smallest absolute Gasteiger partial charge is 0.220 e. The van der Waals surface area contributed by atoms with Gasteiger partial charge in [-0.3, -0.25) is 4.79 Å². The number of hydrogen-bond acceptors (Lipinski definition) is 8. The Hall–Kier alpha value is -1.85. The number of carbonyl (C=O) groups is 1. The van der Waals surface area contributed by atoms with E-state index in [9.17, 15) is 30.3 Å². The Morgan fingerprint density at radius 2 is 0.983 bits per heavy atom. The Bertz CT molecular complexity index is 1080. The summed E-state index contributed by atoms with van der Waals surface area (Å²) in [6, 6.07) is -0.748. The summed E-state index contributed by atoms with van der Waals surface area (Å²) >= 11 is 0. The van der Waals surface area contributed by atoms with Crippen LogP contribution < -0.4 is 5.32 Å². The third-order valence-corrected chi connectivity index (χ3v) is 11.7.